The molecule has 5 nitrogen and oxygen atoms in total. The molecule has 0 saturated heterocycles. The first-order chi connectivity index (χ1) is 6.43. The van der Waals surface area contributed by atoms with E-state index in [0.717, 1.165) is 6.07 Å². The van der Waals surface area contributed by atoms with Crippen molar-refractivity contribution < 1.29 is 25.3 Å². The summed E-state index contributed by atoms with van der Waals surface area (Å²) in [6, 6.07) is 2.49. The first kappa shape index (κ1) is 14.1. The highest BCUT2D eigenvalue weighted by molar-refractivity contribution is 9.11. The van der Waals surface area contributed by atoms with Crippen molar-refractivity contribution in [1.82, 2.24) is 0 Å². The second kappa shape index (κ2) is 5.24. The van der Waals surface area contributed by atoms with Crippen LogP contribution in [0.25, 0.3) is 0 Å². The third-order valence-corrected chi connectivity index (χ3v) is 2.83. The Morgan fingerprint density at radius 2 is 1.27 bits per heavy atom. The molecule has 0 spiro atoms. The van der Waals surface area contributed by atoms with Crippen LogP contribution in [0.1, 0.15) is 20.7 Å². The molecule has 1 aromatic carbocycles. The van der Waals surface area contributed by atoms with Crippen LogP contribution in [0.15, 0.2) is 21.1 Å². The van der Waals surface area contributed by atoms with Gasteiger partial charge in [0.15, 0.2) is 0 Å². The van der Waals surface area contributed by atoms with Gasteiger partial charge in [-0.2, -0.15) is 0 Å². The van der Waals surface area contributed by atoms with E-state index >= 15 is 0 Å². The SMILES string of the molecule is O.O=C(O)c1cc(C(=O)O)c(Br)cc1Br. The summed E-state index contributed by atoms with van der Waals surface area (Å²) in [7, 11) is 0. The fraction of sp³-hybridized carbons (Fsp3) is 0. The molecule has 0 bridgehead atoms. The van der Waals surface area contributed by atoms with Gasteiger partial charge in [0, 0.05) is 8.95 Å². The Kier molecular flexibility index (Phi) is 4.92. The van der Waals surface area contributed by atoms with Crippen molar-refractivity contribution in [3.05, 3.63) is 32.2 Å². The maximum atomic E-state index is 10.7. The van der Waals surface area contributed by atoms with E-state index in [1.54, 1.807) is 0 Å². The highest BCUT2D eigenvalue weighted by atomic mass is 79.9. The van der Waals surface area contributed by atoms with Crippen molar-refractivity contribution in [1.29, 1.82) is 0 Å². The molecular formula is C8H6Br2O5. The number of benzene rings is 1. The van der Waals surface area contributed by atoms with Crippen LogP contribution in [0.2, 0.25) is 0 Å². The number of carboxylic acids is 2. The standard InChI is InChI=1S/C8H4Br2O4.H2O/c9-5-2-6(10)4(8(13)14)1-3(5)7(11)12;/h1-2H,(H,11,12)(H,13,14);1H2. The molecule has 0 saturated carbocycles. The van der Waals surface area contributed by atoms with E-state index < -0.39 is 11.9 Å². The normalized spacial score (nSPS) is 9.20. The summed E-state index contributed by atoms with van der Waals surface area (Å²) < 4.78 is 0.670. The van der Waals surface area contributed by atoms with Crippen molar-refractivity contribution in [2.75, 3.05) is 0 Å². The molecule has 1 aromatic rings. The van der Waals surface area contributed by atoms with E-state index in [9.17, 15) is 9.59 Å². The molecule has 4 N–H and O–H groups in total. The van der Waals surface area contributed by atoms with Gasteiger partial charge in [0.2, 0.25) is 0 Å². The molecule has 1 rings (SSSR count). The van der Waals surface area contributed by atoms with E-state index in [4.69, 9.17) is 10.2 Å². The monoisotopic (exact) mass is 340 g/mol. The molecule has 0 radical (unpaired) electrons. The second-order valence-electron chi connectivity index (χ2n) is 2.42. The second-order valence-corrected chi connectivity index (χ2v) is 4.13. The van der Waals surface area contributed by atoms with E-state index in [1.807, 2.05) is 0 Å². The Hall–Kier alpha value is -0.920. The van der Waals surface area contributed by atoms with Crippen molar-refractivity contribution in [3.8, 4) is 0 Å². The number of hydrogen-bond acceptors (Lipinski definition) is 2. The van der Waals surface area contributed by atoms with Gasteiger partial charge in [-0.3, -0.25) is 0 Å². The van der Waals surface area contributed by atoms with Crippen LogP contribution in [-0.4, -0.2) is 27.6 Å². The maximum Gasteiger partial charge on any atom is 0.336 e. The Morgan fingerprint density at radius 1 is 0.933 bits per heavy atom. The van der Waals surface area contributed by atoms with Gasteiger partial charge in [0.05, 0.1) is 11.1 Å². The zero-order valence-electron chi connectivity index (χ0n) is 7.12. The molecule has 0 amide bonds. The van der Waals surface area contributed by atoms with Gasteiger partial charge in [-0.15, -0.1) is 0 Å². The number of rotatable bonds is 2. The van der Waals surface area contributed by atoms with E-state index in [0.29, 0.717) is 8.95 Å². The van der Waals surface area contributed by atoms with Crippen molar-refractivity contribution in [3.63, 3.8) is 0 Å². The van der Waals surface area contributed by atoms with Gasteiger partial charge in [-0.05, 0) is 44.0 Å². The molecule has 82 valence electrons. The molecule has 0 aliphatic rings. The fourth-order valence-corrected chi connectivity index (χ4v) is 2.21. The van der Waals surface area contributed by atoms with Crippen LogP contribution in [-0.2, 0) is 0 Å². The summed E-state index contributed by atoms with van der Waals surface area (Å²) in [6.07, 6.45) is 0. The molecule has 0 atom stereocenters. The predicted octanol–water partition coefficient (Wildman–Crippen LogP) is 1.78. The third kappa shape index (κ3) is 3.01. The molecule has 0 aliphatic carbocycles. The fourth-order valence-electron chi connectivity index (χ4n) is 0.877. The third-order valence-electron chi connectivity index (χ3n) is 1.52. The summed E-state index contributed by atoms with van der Waals surface area (Å²) in [5, 5.41) is 17.4. The highest BCUT2D eigenvalue weighted by Gasteiger charge is 2.15. The molecule has 0 unspecified atom stereocenters. The van der Waals surface area contributed by atoms with Gasteiger partial charge >= 0.3 is 11.9 Å². The zero-order chi connectivity index (χ0) is 10.9. The summed E-state index contributed by atoms with van der Waals surface area (Å²) in [5.41, 5.74) is -0.156. The highest BCUT2D eigenvalue weighted by Crippen LogP contribution is 2.26. The van der Waals surface area contributed by atoms with Gasteiger partial charge in [-0.25, -0.2) is 9.59 Å². The summed E-state index contributed by atoms with van der Waals surface area (Å²) in [4.78, 5) is 21.3. The molecule has 7 heteroatoms. The van der Waals surface area contributed by atoms with Crippen LogP contribution in [0.4, 0.5) is 0 Å². The number of hydrogen-bond donors (Lipinski definition) is 2. The average molecular weight is 342 g/mol. The van der Waals surface area contributed by atoms with E-state index in [-0.39, 0.29) is 16.6 Å². The van der Waals surface area contributed by atoms with Crippen LogP contribution < -0.4 is 0 Å². The first-order valence-corrected chi connectivity index (χ1v) is 4.97. The number of halogens is 2. The first-order valence-electron chi connectivity index (χ1n) is 3.39. The van der Waals surface area contributed by atoms with Crippen molar-refractivity contribution in [2.45, 2.75) is 0 Å². The van der Waals surface area contributed by atoms with Crippen molar-refractivity contribution >= 4 is 43.8 Å². The van der Waals surface area contributed by atoms with Gasteiger partial charge in [0.1, 0.15) is 0 Å². The van der Waals surface area contributed by atoms with E-state index in [2.05, 4.69) is 31.9 Å². The lowest BCUT2D eigenvalue weighted by Gasteiger charge is -2.03. The minimum absolute atomic E-state index is 0. The Bertz CT molecular complexity index is 380. The number of aromatic carboxylic acids is 2. The molecular weight excluding hydrogens is 336 g/mol. The quantitative estimate of drug-likeness (QED) is 0.854. The Morgan fingerprint density at radius 3 is 1.53 bits per heavy atom. The Labute approximate surface area is 101 Å². The lowest BCUT2D eigenvalue weighted by Crippen LogP contribution is -2.04. The minimum atomic E-state index is -1.17. The van der Waals surface area contributed by atoms with Crippen LogP contribution in [0, 0.1) is 0 Å². The summed E-state index contributed by atoms with van der Waals surface area (Å²) in [6.45, 7) is 0. The topological polar surface area (TPSA) is 106 Å². The lowest BCUT2D eigenvalue weighted by molar-refractivity contribution is 0.0695. The van der Waals surface area contributed by atoms with Crippen LogP contribution >= 0.6 is 31.9 Å². The Balaban J connectivity index is 0.00000196. The number of carbonyl (C=O) groups is 2. The molecule has 0 fully saturated rings. The van der Waals surface area contributed by atoms with Crippen molar-refractivity contribution in [2.24, 2.45) is 0 Å². The van der Waals surface area contributed by atoms with Crippen LogP contribution in [0.5, 0.6) is 0 Å². The van der Waals surface area contributed by atoms with Gasteiger partial charge in [-0.1, -0.05) is 0 Å². The molecule has 0 aliphatic heterocycles. The van der Waals surface area contributed by atoms with Gasteiger partial charge in [0.25, 0.3) is 0 Å². The minimum Gasteiger partial charge on any atom is -0.478 e. The molecule has 0 aromatic heterocycles. The largest absolute Gasteiger partial charge is 0.478 e. The summed E-state index contributed by atoms with van der Waals surface area (Å²) >= 11 is 6.05. The smallest absolute Gasteiger partial charge is 0.336 e. The summed E-state index contributed by atoms with van der Waals surface area (Å²) in [5.74, 6) is -2.35. The zero-order valence-corrected chi connectivity index (χ0v) is 10.3. The van der Waals surface area contributed by atoms with E-state index in [1.165, 1.54) is 6.07 Å². The predicted molar refractivity (Wildman–Crippen MR) is 59.4 cm³/mol. The molecule has 0 heterocycles. The van der Waals surface area contributed by atoms with Gasteiger partial charge < -0.3 is 15.7 Å². The van der Waals surface area contributed by atoms with Crippen LogP contribution in [0.3, 0.4) is 0 Å². The maximum absolute atomic E-state index is 10.7. The molecule has 15 heavy (non-hydrogen) atoms. The number of carboxylic acid groups (broad SMARTS) is 2. The average Bonchev–Trinajstić information content (AvgIpc) is 2.02. The lowest BCUT2D eigenvalue weighted by atomic mass is 10.1.